The summed E-state index contributed by atoms with van der Waals surface area (Å²) in [5, 5.41) is 6.11. The second kappa shape index (κ2) is 12.3. The van der Waals surface area contributed by atoms with E-state index in [-0.39, 0.29) is 31.2 Å². The van der Waals surface area contributed by atoms with E-state index in [0.717, 1.165) is 22.9 Å². The van der Waals surface area contributed by atoms with Gasteiger partial charge in [-0.2, -0.15) is 5.10 Å². The maximum Gasteiger partial charge on any atom is 0.262 e. The summed E-state index contributed by atoms with van der Waals surface area (Å²) in [4.78, 5) is 28.3. The van der Waals surface area contributed by atoms with Crippen molar-refractivity contribution in [2.75, 3.05) is 41.0 Å². The number of amides is 2. The van der Waals surface area contributed by atoms with E-state index in [2.05, 4.69) is 0 Å². The average molecular weight is 520 g/mol. The number of carbonyl (C=O) groups is 2. The van der Waals surface area contributed by atoms with E-state index < -0.39 is 17.8 Å². The lowest BCUT2D eigenvalue weighted by Crippen LogP contribution is -2.42. The van der Waals surface area contributed by atoms with Crippen LogP contribution in [0.25, 0.3) is 0 Å². The van der Waals surface area contributed by atoms with Crippen molar-refractivity contribution < 1.29 is 28.2 Å². The third-order valence-corrected chi connectivity index (χ3v) is 6.34. The predicted octanol–water partition coefficient (Wildman–Crippen LogP) is 4.31. The number of methoxy groups -OCH3 is 3. The van der Waals surface area contributed by atoms with E-state index in [0.29, 0.717) is 17.9 Å². The summed E-state index contributed by atoms with van der Waals surface area (Å²) in [7, 11) is 4.69. The fourth-order valence-corrected chi connectivity index (χ4v) is 4.38. The van der Waals surface area contributed by atoms with Gasteiger partial charge in [0.1, 0.15) is 23.9 Å². The van der Waals surface area contributed by atoms with Crippen molar-refractivity contribution in [1.82, 2.24) is 9.91 Å². The van der Waals surface area contributed by atoms with Gasteiger partial charge in [-0.25, -0.2) is 9.40 Å². The van der Waals surface area contributed by atoms with Crippen LogP contribution in [0, 0.1) is 5.82 Å². The topological polar surface area (TPSA) is 80.7 Å². The molecule has 1 atom stereocenters. The lowest BCUT2D eigenvalue weighted by atomic mass is 9.97. The molecule has 1 heterocycles. The van der Waals surface area contributed by atoms with Crippen molar-refractivity contribution in [3.05, 3.63) is 95.3 Å². The number of nitrogens with zero attached hydrogens (tertiary/aromatic N) is 3. The number of hydrogen-bond donors (Lipinski definition) is 0. The van der Waals surface area contributed by atoms with Gasteiger partial charge in [0.2, 0.25) is 0 Å². The maximum atomic E-state index is 13.8. The number of ether oxygens (including phenoxy) is 3. The summed E-state index contributed by atoms with van der Waals surface area (Å²) in [5.74, 6) is -0.0364. The number of para-hydroxylation sites is 1. The monoisotopic (exact) mass is 519 g/mol. The number of benzene rings is 3. The molecule has 0 saturated heterocycles. The smallest absolute Gasteiger partial charge is 0.262 e. The zero-order chi connectivity index (χ0) is 27.1. The number of carbonyl (C=O) groups excluding carboxylic acids is 2. The molecule has 38 heavy (non-hydrogen) atoms. The average Bonchev–Trinajstić information content (AvgIpc) is 3.40. The third-order valence-electron chi connectivity index (χ3n) is 6.34. The molecule has 1 unspecified atom stereocenters. The first kappa shape index (κ1) is 26.8. The zero-order valence-corrected chi connectivity index (χ0v) is 21.6. The minimum Gasteiger partial charge on any atom is -0.497 e. The van der Waals surface area contributed by atoms with Crippen LogP contribution in [-0.4, -0.2) is 68.5 Å². The lowest BCUT2D eigenvalue weighted by Gasteiger charge is -2.27. The van der Waals surface area contributed by atoms with Gasteiger partial charge in [0, 0.05) is 31.2 Å². The molecular formula is C29H30FN3O5. The normalized spacial score (nSPS) is 14.7. The Morgan fingerprint density at radius 3 is 2.45 bits per heavy atom. The first-order valence-corrected chi connectivity index (χ1v) is 12.2. The Bertz CT molecular complexity index is 1310. The van der Waals surface area contributed by atoms with Gasteiger partial charge >= 0.3 is 0 Å². The van der Waals surface area contributed by atoms with Crippen LogP contribution in [0.3, 0.4) is 0 Å². The quantitative estimate of drug-likeness (QED) is 0.399. The van der Waals surface area contributed by atoms with Crippen molar-refractivity contribution in [1.29, 1.82) is 0 Å². The van der Waals surface area contributed by atoms with Gasteiger partial charge in [-0.1, -0.05) is 24.3 Å². The highest BCUT2D eigenvalue weighted by molar-refractivity contribution is 6.04. The molecule has 0 saturated carbocycles. The predicted molar refractivity (Wildman–Crippen MR) is 141 cm³/mol. The van der Waals surface area contributed by atoms with E-state index in [1.165, 1.54) is 35.2 Å². The van der Waals surface area contributed by atoms with E-state index in [9.17, 15) is 14.0 Å². The van der Waals surface area contributed by atoms with Gasteiger partial charge in [-0.15, -0.1) is 0 Å². The molecule has 198 valence electrons. The Kier molecular flexibility index (Phi) is 8.70. The Morgan fingerprint density at radius 2 is 1.76 bits per heavy atom. The minimum absolute atomic E-state index is 0.152. The van der Waals surface area contributed by atoms with Gasteiger partial charge in [0.25, 0.3) is 11.8 Å². The van der Waals surface area contributed by atoms with Gasteiger partial charge < -0.3 is 19.1 Å². The van der Waals surface area contributed by atoms with Crippen LogP contribution in [0.1, 0.15) is 33.9 Å². The van der Waals surface area contributed by atoms with Crippen LogP contribution in [0.5, 0.6) is 11.5 Å². The molecule has 8 nitrogen and oxygen atoms in total. The van der Waals surface area contributed by atoms with Crippen molar-refractivity contribution in [3.8, 4) is 11.5 Å². The summed E-state index contributed by atoms with van der Waals surface area (Å²) >= 11 is 0. The Hall–Kier alpha value is -4.24. The summed E-state index contributed by atoms with van der Waals surface area (Å²) in [6.45, 7) is 0.105. The van der Waals surface area contributed by atoms with Crippen LogP contribution < -0.4 is 9.47 Å². The van der Waals surface area contributed by atoms with Crippen molar-refractivity contribution >= 4 is 17.5 Å². The molecule has 3 aromatic carbocycles. The number of halogens is 1. The first-order valence-electron chi connectivity index (χ1n) is 12.2. The van der Waals surface area contributed by atoms with Gasteiger partial charge in [-0.3, -0.25) is 9.59 Å². The molecule has 0 fully saturated rings. The van der Waals surface area contributed by atoms with Crippen LogP contribution in [0.15, 0.2) is 77.9 Å². The van der Waals surface area contributed by atoms with Crippen LogP contribution in [0.4, 0.5) is 4.39 Å². The second-order valence-corrected chi connectivity index (χ2v) is 8.71. The Morgan fingerprint density at radius 1 is 1.00 bits per heavy atom. The first-order chi connectivity index (χ1) is 18.4. The number of hydrazone groups is 1. The molecular weight excluding hydrogens is 489 g/mol. The fraction of sp³-hybridized carbons (Fsp3) is 0.276. The largest absolute Gasteiger partial charge is 0.497 e. The molecule has 0 spiro atoms. The highest BCUT2D eigenvalue weighted by Crippen LogP contribution is 2.37. The third kappa shape index (κ3) is 6.00. The molecule has 1 aliphatic rings. The summed E-state index contributed by atoms with van der Waals surface area (Å²) in [6.07, 6.45) is 0.453. The van der Waals surface area contributed by atoms with E-state index in [4.69, 9.17) is 19.3 Å². The highest BCUT2D eigenvalue weighted by atomic mass is 19.1. The van der Waals surface area contributed by atoms with Crippen LogP contribution in [-0.2, 0) is 9.53 Å². The molecule has 0 aromatic heterocycles. The molecule has 1 aliphatic heterocycles. The summed E-state index contributed by atoms with van der Waals surface area (Å²) in [5.41, 5.74) is 2.53. The Balaban J connectivity index is 1.66. The van der Waals surface area contributed by atoms with Crippen molar-refractivity contribution in [2.45, 2.75) is 12.5 Å². The molecule has 4 rings (SSSR count). The Labute approximate surface area is 221 Å². The maximum absolute atomic E-state index is 13.8. The van der Waals surface area contributed by atoms with Gasteiger partial charge in [-0.05, 0) is 54.1 Å². The van der Waals surface area contributed by atoms with Crippen molar-refractivity contribution in [2.24, 2.45) is 5.10 Å². The van der Waals surface area contributed by atoms with Crippen molar-refractivity contribution in [3.63, 3.8) is 0 Å². The SMILES string of the molecule is COCCN(CC(=O)N1N=C(c2ccc(OC)cc2)CC1c1ccccc1OC)C(=O)c1cccc(F)c1. The summed E-state index contributed by atoms with van der Waals surface area (Å²) in [6, 6.07) is 19.9. The van der Waals surface area contributed by atoms with Gasteiger partial charge in [0.05, 0.1) is 32.6 Å². The standard InChI is InChI=1S/C29H30FN3O5/c1-36-16-15-32(29(35)21-7-6-8-22(30)17-21)19-28(34)33-26(24-9-4-5-10-27(24)38-3)18-25(31-33)20-11-13-23(37-2)14-12-20/h4-14,17,26H,15-16,18-19H2,1-3H3. The molecule has 2 amide bonds. The zero-order valence-electron chi connectivity index (χ0n) is 21.6. The van der Waals surface area contributed by atoms with E-state index in [1.54, 1.807) is 14.2 Å². The molecule has 0 aliphatic carbocycles. The fourth-order valence-electron chi connectivity index (χ4n) is 4.38. The second-order valence-electron chi connectivity index (χ2n) is 8.71. The number of rotatable bonds is 10. The molecule has 9 heteroatoms. The molecule has 0 radical (unpaired) electrons. The van der Waals surface area contributed by atoms with Gasteiger partial charge in [0.15, 0.2) is 0 Å². The molecule has 0 bridgehead atoms. The lowest BCUT2D eigenvalue weighted by molar-refractivity contribution is -0.133. The minimum atomic E-state index is -0.529. The van der Waals surface area contributed by atoms with Crippen LogP contribution in [0.2, 0.25) is 0 Å². The van der Waals surface area contributed by atoms with E-state index in [1.807, 2.05) is 48.5 Å². The molecule has 3 aromatic rings. The molecule has 0 N–H and O–H groups in total. The van der Waals surface area contributed by atoms with Crippen LogP contribution >= 0.6 is 0 Å². The number of hydrogen-bond acceptors (Lipinski definition) is 6. The van der Waals surface area contributed by atoms with E-state index >= 15 is 0 Å². The highest BCUT2D eigenvalue weighted by Gasteiger charge is 2.36. The summed E-state index contributed by atoms with van der Waals surface area (Å²) < 4.78 is 29.8.